The Kier molecular flexibility index (Phi) is 3.20. The van der Waals surface area contributed by atoms with Gasteiger partial charge in [-0.15, -0.1) is 0 Å². The lowest BCUT2D eigenvalue weighted by molar-refractivity contribution is -0.147. The number of rotatable bonds is 3. The van der Waals surface area contributed by atoms with Gasteiger partial charge in [-0.25, -0.2) is 4.79 Å². The lowest BCUT2D eigenvalue weighted by Crippen LogP contribution is -2.34. The first-order valence-electron chi connectivity index (χ1n) is 7.75. The summed E-state index contributed by atoms with van der Waals surface area (Å²) in [6.45, 7) is 3.36. The van der Waals surface area contributed by atoms with Gasteiger partial charge in [-0.2, -0.15) is 0 Å². The smallest absolute Gasteiger partial charge is 0.342 e. The fourth-order valence-corrected chi connectivity index (χ4v) is 3.57. The van der Waals surface area contributed by atoms with Gasteiger partial charge in [0.1, 0.15) is 0 Å². The second-order valence-electron chi connectivity index (χ2n) is 6.12. The van der Waals surface area contributed by atoms with Crippen LogP contribution in [0.1, 0.15) is 22.9 Å². The summed E-state index contributed by atoms with van der Waals surface area (Å²) in [6.07, 6.45) is 1.26. The number of hydrogen-bond donors (Lipinski definition) is 1. The molecule has 0 saturated carbocycles. The maximum absolute atomic E-state index is 12.0. The molecule has 0 unspecified atom stereocenters. The molecule has 4 rings (SSSR count). The number of para-hydroxylation sites is 1. The standard InChI is InChI=1S/C19H18N2O2/c1-13-10-21(17-9-5-4-8-16(13)17)18(19(22)23)20-11-14-6-2-3-7-15(14)12-20/h2-10,18H,11-12H2,1H3,(H,22,23)/t18-/m0/s1. The van der Waals surface area contributed by atoms with Crippen LogP contribution >= 0.6 is 0 Å². The molecule has 3 aromatic rings. The van der Waals surface area contributed by atoms with Crippen molar-refractivity contribution < 1.29 is 9.90 Å². The number of carboxylic acids is 1. The van der Waals surface area contributed by atoms with Gasteiger partial charge in [0.25, 0.3) is 0 Å². The highest BCUT2D eigenvalue weighted by molar-refractivity contribution is 5.85. The van der Waals surface area contributed by atoms with Crippen LogP contribution in [-0.4, -0.2) is 20.5 Å². The van der Waals surface area contributed by atoms with Crippen molar-refractivity contribution in [3.63, 3.8) is 0 Å². The zero-order valence-corrected chi connectivity index (χ0v) is 12.9. The van der Waals surface area contributed by atoms with E-state index in [0.29, 0.717) is 13.1 Å². The Morgan fingerprint density at radius 2 is 1.65 bits per heavy atom. The minimum Gasteiger partial charge on any atom is -0.479 e. The molecule has 1 aliphatic heterocycles. The van der Waals surface area contributed by atoms with Crippen molar-refractivity contribution in [3.05, 3.63) is 71.4 Å². The van der Waals surface area contributed by atoms with Gasteiger partial charge in [0.2, 0.25) is 0 Å². The van der Waals surface area contributed by atoms with E-state index < -0.39 is 12.1 Å². The average Bonchev–Trinajstić information content (AvgIpc) is 3.10. The largest absolute Gasteiger partial charge is 0.479 e. The first-order valence-corrected chi connectivity index (χ1v) is 7.75. The molecule has 1 aliphatic rings. The van der Waals surface area contributed by atoms with Crippen LogP contribution in [0.2, 0.25) is 0 Å². The average molecular weight is 306 g/mol. The van der Waals surface area contributed by atoms with Crippen LogP contribution in [0.4, 0.5) is 0 Å². The minimum atomic E-state index is -0.821. The molecule has 0 bridgehead atoms. The van der Waals surface area contributed by atoms with E-state index in [1.165, 1.54) is 11.1 Å². The van der Waals surface area contributed by atoms with Crippen molar-refractivity contribution in [1.82, 2.24) is 9.47 Å². The molecule has 1 N–H and O–H groups in total. The highest BCUT2D eigenvalue weighted by Crippen LogP contribution is 2.32. The molecular weight excluding hydrogens is 288 g/mol. The van der Waals surface area contributed by atoms with Crippen LogP contribution in [-0.2, 0) is 17.9 Å². The number of carboxylic acid groups (broad SMARTS) is 1. The number of benzene rings is 2. The molecule has 0 saturated heterocycles. The number of aryl methyl sites for hydroxylation is 1. The zero-order chi connectivity index (χ0) is 16.0. The Bertz CT molecular complexity index is 872. The normalized spacial score (nSPS) is 15.7. The summed E-state index contributed by atoms with van der Waals surface area (Å²) in [6, 6.07) is 16.1. The monoisotopic (exact) mass is 306 g/mol. The molecule has 1 aromatic heterocycles. The van der Waals surface area contributed by atoms with Gasteiger partial charge in [0.05, 0.1) is 5.52 Å². The van der Waals surface area contributed by atoms with E-state index in [1.54, 1.807) is 0 Å². The van der Waals surface area contributed by atoms with E-state index in [4.69, 9.17) is 0 Å². The highest BCUT2D eigenvalue weighted by Gasteiger charge is 2.32. The van der Waals surface area contributed by atoms with E-state index in [0.717, 1.165) is 16.5 Å². The van der Waals surface area contributed by atoms with Crippen LogP contribution in [0.3, 0.4) is 0 Å². The zero-order valence-electron chi connectivity index (χ0n) is 12.9. The number of hydrogen-bond acceptors (Lipinski definition) is 2. The van der Waals surface area contributed by atoms with Gasteiger partial charge >= 0.3 is 5.97 Å². The Balaban J connectivity index is 1.79. The summed E-state index contributed by atoms with van der Waals surface area (Å²) in [7, 11) is 0. The number of carbonyl (C=O) groups is 1. The van der Waals surface area contributed by atoms with Gasteiger partial charge in [-0.3, -0.25) is 4.90 Å². The Morgan fingerprint density at radius 3 is 2.30 bits per heavy atom. The third kappa shape index (κ3) is 2.23. The van der Waals surface area contributed by atoms with Crippen LogP contribution in [0.5, 0.6) is 0 Å². The first-order chi connectivity index (χ1) is 11.1. The van der Waals surface area contributed by atoms with Gasteiger partial charge in [0, 0.05) is 24.7 Å². The highest BCUT2D eigenvalue weighted by atomic mass is 16.4. The predicted molar refractivity (Wildman–Crippen MR) is 89.0 cm³/mol. The third-order valence-corrected chi connectivity index (χ3v) is 4.64. The van der Waals surface area contributed by atoms with E-state index >= 15 is 0 Å². The summed E-state index contributed by atoms with van der Waals surface area (Å²) >= 11 is 0. The molecule has 23 heavy (non-hydrogen) atoms. The second kappa shape index (κ2) is 5.25. The Hall–Kier alpha value is -2.59. The van der Waals surface area contributed by atoms with E-state index in [9.17, 15) is 9.90 Å². The van der Waals surface area contributed by atoms with Crippen molar-refractivity contribution in [2.75, 3.05) is 0 Å². The molecule has 0 fully saturated rings. The van der Waals surface area contributed by atoms with Gasteiger partial charge in [0.15, 0.2) is 6.17 Å². The molecule has 2 aromatic carbocycles. The molecule has 0 radical (unpaired) electrons. The van der Waals surface area contributed by atoms with Crippen molar-refractivity contribution in [2.24, 2.45) is 0 Å². The van der Waals surface area contributed by atoms with E-state index in [-0.39, 0.29) is 0 Å². The predicted octanol–water partition coefficient (Wildman–Crippen LogP) is 3.55. The van der Waals surface area contributed by atoms with Gasteiger partial charge in [-0.05, 0) is 29.7 Å². The first kappa shape index (κ1) is 14.0. The van der Waals surface area contributed by atoms with Crippen molar-refractivity contribution in [3.8, 4) is 0 Å². The van der Waals surface area contributed by atoms with Crippen LogP contribution in [0.15, 0.2) is 54.7 Å². The van der Waals surface area contributed by atoms with Crippen molar-refractivity contribution in [2.45, 2.75) is 26.2 Å². The number of fused-ring (bicyclic) bond motifs is 2. The van der Waals surface area contributed by atoms with Crippen molar-refractivity contribution >= 4 is 16.9 Å². The Morgan fingerprint density at radius 1 is 1.04 bits per heavy atom. The second-order valence-corrected chi connectivity index (χ2v) is 6.12. The summed E-state index contributed by atoms with van der Waals surface area (Å²) in [5, 5.41) is 11.0. The maximum atomic E-state index is 12.0. The molecule has 0 aliphatic carbocycles. The number of aliphatic carboxylic acids is 1. The van der Waals surface area contributed by atoms with Gasteiger partial charge in [-0.1, -0.05) is 42.5 Å². The maximum Gasteiger partial charge on any atom is 0.342 e. The quantitative estimate of drug-likeness (QED) is 0.805. The molecular formula is C19H18N2O2. The molecule has 1 atom stereocenters. The SMILES string of the molecule is Cc1cn([C@@H](C(=O)O)N2Cc3ccccc3C2)c2ccccc12. The summed E-state index contributed by atoms with van der Waals surface area (Å²) in [4.78, 5) is 14.0. The fourth-order valence-electron chi connectivity index (χ4n) is 3.57. The molecule has 0 spiro atoms. The summed E-state index contributed by atoms with van der Waals surface area (Å²) in [5.41, 5.74) is 4.50. The summed E-state index contributed by atoms with van der Waals surface area (Å²) in [5.74, 6) is -0.821. The molecule has 0 amide bonds. The number of aromatic nitrogens is 1. The van der Waals surface area contributed by atoms with Crippen molar-refractivity contribution in [1.29, 1.82) is 0 Å². The van der Waals surface area contributed by atoms with E-state index in [1.807, 2.05) is 59.0 Å². The van der Waals surface area contributed by atoms with Crippen LogP contribution in [0.25, 0.3) is 10.9 Å². The summed E-state index contributed by atoms with van der Waals surface area (Å²) < 4.78 is 1.89. The molecule has 2 heterocycles. The molecule has 116 valence electrons. The minimum absolute atomic E-state index is 0.665. The fraction of sp³-hybridized carbons (Fsp3) is 0.211. The molecule has 4 heteroatoms. The van der Waals surface area contributed by atoms with E-state index in [2.05, 4.69) is 12.1 Å². The van der Waals surface area contributed by atoms with Gasteiger partial charge < -0.3 is 9.67 Å². The number of nitrogens with zero attached hydrogens (tertiary/aromatic N) is 2. The molecule has 4 nitrogen and oxygen atoms in total. The topological polar surface area (TPSA) is 45.5 Å². The van der Waals surface area contributed by atoms with Crippen LogP contribution in [0, 0.1) is 6.92 Å². The third-order valence-electron chi connectivity index (χ3n) is 4.64. The lowest BCUT2D eigenvalue weighted by Gasteiger charge is -2.26. The van der Waals surface area contributed by atoms with Crippen LogP contribution < -0.4 is 0 Å². The Labute approximate surface area is 134 Å². The lowest BCUT2D eigenvalue weighted by atomic mass is 10.1.